The fourth-order valence-corrected chi connectivity index (χ4v) is 4.99. The van der Waals surface area contributed by atoms with E-state index in [2.05, 4.69) is 33.0 Å². The van der Waals surface area contributed by atoms with Gasteiger partial charge < -0.3 is 20.4 Å². The van der Waals surface area contributed by atoms with Crippen molar-refractivity contribution in [1.29, 1.82) is 0 Å². The number of primary amides is 1. The Balaban J connectivity index is 1.09. The van der Waals surface area contributed by atoms with Gasteiger partial charge in [0.15, 0.2) is 0 Å². The molecule has 5 rings (SSSR count). The Bertz CT molecular complexity index is 1100. The molecule has 0 radical (unpaired) electrons. The van der Waals surface area contributed by atoms with Crippen LogP contribution < -0.4 is 20.3 Å². The number of rotatable bonds is 7. The summed E-state index contributed by atoms with van der Waals surface area (Å²) in [7, 11) is 0. The van der Waals surface area contributed by atoms with E-state index in [1.807, 2.05) is 30.5 Å². The molecule has 2 aliphatic rings. The summed E-state index contributed by atoms with van der Waals surface area (Å²) in [5.41, 5.74) is 10.2. The van der Waals surface area contributed by atoms with Crippen LogP contribution in [0.1, 0.15) is 24.8 Å². The maximum absolute atomic E-state index is 12.1. The van der Waals surface area contributed by atoms with Crippen LogP contribution in [0.2, 0.25) is 0 Å². The van der Waals surface area contributed by atoms with Gasteiger partial charge in [0.1, 0.15) is 5.75 Å². The number of aromatic amines is 1. The van der Waals surface area contributed by atoms with Crippen LogP contribution in [0.15, 0.2) is 48.7 Å². The molecule has 2 aromatic carbocycles. The minimum absolute atomic E-state index is 0.401. The largest absolute Gasteiger partial charge is 0.493 e. The number of urea groups is 1. The summed E-state index contributed by atoms with van der Waals surface area (Å²) in [5.74, 6) is 1.07. The van der Waals surface area contributed by atoms with E-state index in [0.717, 1.165) is 87.4 Å². The van der Waals surface area contributed by atoms with Crippen LogP contribution in [-0.4, -0.2) is 61.8 Å². The first-order valence-electron chi connectivity index (χ1n) is 12.1. The third-order valence-corrected chi connectivity index (χ3v) is 6.87. The Morgan fingerprint density at radius 3 is 2.79 bits per heavy atom. The minimum atomic E-state index is -0.401. The molecule has 0 spiro atoms. The number of ether oxygens (including phenoxy) is 1. The van der Waals surface area contributed by atoms with Gasteiger partial charge in [-0.2, -0.15) is 0 Å². The van der Waals surface area contributed by atoms with Crippen LogP contribution in [0.25, 0.3) is 10.9 Å². The lowest BCUT2D eigenvalue weighted by molar-refractivity contribution is 0.249. The number of para-hydroxylation sites is 1. The Morgan fingerprint density at radius 1 is 1.09 bits per heavy atom. The highest BCUT2D eigenvalue weighted by atomic mass is 16.5. The van der Waals surface area contributed by atoms with Crippen molar-refractivity contribution in [3.05, 3.63) is 54.2 Å². The molecule has 33 heavy (non-hydrogen) atoms. The number of carbonyl (C=O) groups is 1. The number of benzene rings is 2. The van der Waals surface area contributed by atoms with Gasteiger partial charge >= 0.3 is 6.03 Å². The number of nitrogens with two attached hydrogens (primary N) is 1. The molecule has 0 unspecified atom stereocenters. The van der Waals surface area contributed by atoms with Gasteiger partial charge in [0.25, 0.3) is 0 Å². The zero-order chi connectivity index (χ0) is 22.6. The SMILES string of the molecule is NC(=O)N(CCCCN1CCN(c2ccc3c(c2)OCCC3)CC1)c1c[nH]c2ccccc12. The number of amides is 2. The van der Waals surface area contributed by atoms with Crippen LogP contribution in [-0.2, 0) is 6.42 Å². The van der Waals surface area contributed by atoms with E-state index >= 15 is 0 Å². The second-order valence-electron chi connectivity index (χ2n) is 8.99. The number of carbonyl (C=O) groups excluding carboxylic acids is 1. The molecule has 1 saturated heterocycles. The molecule has 0 atom stereocenters. The number of fused-ring (bicyclic) bond motifs is 2. The monoisotopic (exact) mass is 447 g/mol. The van der Waals surface area contributed by atoms with Gasteiger partial charge in [-0.15, -0.1) is 0 Å². The standard InChI is InChI=1S/C26H33N5O2/c27-26(32)31(24-19-28-23-8-2-1-7-22(23)24)12-4-3-11-29-13-15-30(16-14-29)21-10-9-20-6-5-17-33-25(20)18-21/h1-2,7-10,18-19,28H,3-6,11-17H2,(H2,27,32). The minimum Gasteiger partial charge on any atom is -0.493 e. The molecular formula is C26H33N5O2. The average molecular weight is 448 g/mol. The number of unbranched alkanes of at least 4 members (excludes halogenated alkanes) is 1. The normalized spacial score (nSPS) is 16.4. The maximum atomic E-state index is 12.1. The molecule has 1 fully saturated rings. The third-order valence-electron chi connectivity index (χ3n) is 6.87. The Hall–Kier alpha value is -3.19. The maximum Gasteiger partial charge on any atom is 0.319 e. The summed E-state index contributed by atoms with van der Waals surface area (Å²) in [5, 5.41) is 1.03. The van der Waals surface area contributed by atoms with Crippen molar-refractivity contribution in [1.82, 2.24) is 9.88 Å². The number of H-pyrrole nitrogens is 1. The van der Waals surface area contributed by atoms with Crippen molar-refractivity contribution in [2.45, 2.75) is 25.7 Å². The number of nitrogens with zero attached hydrogens (tertiary/aromatic N) is 3. The van der Waals surface area contributed by atoms with Crippen molar-refractivity contribution in [3.8, 4) is 5.75 Å². The molecule has 3 aromatic rings. The molecule has 1 aromatic heterocycles. The molecule has 3 heterocycles. The van der Waals surface area contributed by atoms with E-state index in [9.17, 15) is 4.79 Å². The lowest BCUT2D eigenvalue weighted by Crippen LogP contribution is -2.46. The summed E-state index contributed by atoms with van der Waals surface area (Å²) >= 11 is 0. The topological polar surface area (TPSA) is 77.8 Å². The van der Waals surface area contributed by atoms with Gasteiger partial charge in [0.05, 0.1) is 12.3 Å². The molecule has 7 nitrogen and oxygen atoms in total. The second kappa shape index (κ2) is 9.75. The number of aryl methyl sites for hydroxylation is 1. The zero-order valence-electron chi connectivity index (χ0n) is 19.1. The number of hydrogen-bond acceptors (Lipinski definition) is 4. The Kier molecular flexibility index (Phi) is 6.39. The lowest BCUT2D eigenvalue weighted by Gasteiger charge is -2.36. The number of anilines is 2. The second-order valence-corrected chi connectivity index (χ2v) is 8.99. The average Bonchev–Trinajstić information content (AvgIpc) is 3.28. The molecule has 7 heteroatoms. The number of piperazine rings is 1. The van der Waals surface area contributed by atoms with Gasteiger partial charge in [0, 0.05) is 61.6 Å². The quantitative estimate of drug-likeness (QED) is 0.537. The van der Waals surface area contributed by atoms with Crippen LogP contribution in [0.3, 0.4) is 0 Å². The molecule has 2 aliphatic heterocycles. The Morgan fingerprint density at radius 2 is 1.94 bits per heavy atom. The van der Waals surface area contributed by atoms with E-state index in [1.165, 1.54) is 11.3 Å². The van der Waals surface area contributed by atoms with Crippen LogP contribution in [0.5, 0.6) is 5.75 Å². The summed E-state index contributed by atoms with van der Waals surface area (Å²) < 4.78 is 5.85. The molecule has 0 aliphatic carbocycles. The van der Waals surface area contributed by atoms with Gasteiger partial charge in [-0.25, -0.2) is 4.79 Å². The summed E-state index contributed by atoms with van der Waals surface area (Å²) in [6.07, 6.45) is 6.07. The predicted molar refractivity (Wildman–Crippen MR) is 133 cm³/mol. The highest BCUT2D eigenvalue weighted by Gasteiger charge is 2.20. The van der Waals surface area contributed by atoms with Crippen molar-refractivity contribution in [2.24, 2.45) is 5.73 Å². The summed E-state index contributed by atoms with van der Waals surface area (Å²) in [6, 6.07) is 14.3. The number of nitrogens with one attached hydrogen (secondary N) is 1. The van der Waals surface area contributed by atoms with Crippen molar-refractivity contribution in [2.75, 3.05) is 55.7 Å². The van der Waals surface area contributed by atoms with Crippen LogP contribution in [0.4, 0.5) is 16.2 Å². The van der Waals surface area contributed by atoms with E-state index in [4.69, 9.17) is 10.5 Å². The molecule has 174 valence electrons. The lowest BCUT2D eigenvalue weighted by atomic mass is 10.1. The van der Waals surface area contributed by atoms with Crippen LogP contribution in [0, 0.1) is 0 Å². The number of aromatic nitrogens is 1. The third kappa shape index (κ3) is 4.78. The first kappa shape index (κ1) is 21.6. The fraction of sp³-hybridized carbons (Fsp3) is 0.423. The van der Waals surface area contributed by atoms with Gasteiger partial charge in [-0.05, 0) is 49.9 Å². The summed E-state index contributed by atoms with van der Waals surface area (Å²) in [6.45, 7) is 6.68. The molecule has 0 saturated carbocycles. The predicted octanol–water partition coefficient (Wildman–Crippen LogP) is 3.98. The smallest absolute Gasteiger partial charge is 0.319 e. The van der Waals surface area contributed by atoms with Crippen molar-refractivity contribution in [3.63, 3.8) is 0 Å². The fourth-order valence-electron chi connectivity index (χ4n) is 4.99. The van der Waals surface area contributed by atoms with Crippen molar-refractivity contribution >= 4 is 28.3 Å². The highest BCUT2D eigenvalue weighted by molar-refractivity contribution is 6.02. The molecule has 3 N–H and O–H groups in total. The van der Waals surface area contributed by atoms with Crippen LogP contribution >= 0.6 is 0 Å². The van der Waals surface area contributed by atoms with Gasteiger partial charge in [-0.1, -0.05) is 24.3 Å². The zero-order valence-corrected chi connectivity index (χ0v) is 19.1. The molecule has 0 bridgehead atoms. The highest BCUT2D eigenvalue weighted by Crippen LogP contribution is 2.30. The molecular weight excluding hydrogens is 414 g/mol. The van der Waals surface area contributed by atoms with E-state index in [1.54, 1.807) is 4.90 Å². The summed E-state index contributed by atoms with van der Waals surface area (Å²) in [4.78, 5) is 22.0. The van der Waals surface area contributed by atoms with E-state index < -0.39 is 6.03 Å². The van der Waals surface area contributed by atoms with E-state index in [0.29, 0.717) is 6.54 Å². The Labute approximate surface area is 195 Å². The molecule has 2 amide bonds. The van der Waals surface area contributed by atoms with Gasteiger partial charge in [-0.3, -0.25) is 9.80 Å². The first-order valence-corrected chi connectivity index (χ1v) is 12.1. The van der Waals surface area contributed by atoms with E-state index in [-0.39, 0.29) is 0 Å². The number of hydrogen-bond donors (Lipinski definition) is 2. The first-order chi connectivity index (χ1) is 16.2. The van der Waals surface area contributed by atoms with Crippen molar-refractivity contribution < 1.29 is 9.53 Å². The van der Waals surface area contributed by atoms with Gasteiger partial charge in [0.2, 0.25) is 0 Å².